The van der Waals surface area contributed by atoms with Gasteiger partial charge in [0, 0.05) is 18.9 Å². The molecule has 0 spiro atoms. The molecular formula is C13H15NO4S. The van der Waals surface area contributed by atoms with Gasteiger partial charge in [0.1, 0.15) is 0 Å². The summed E-state index contributed by atoms with van der Waals surface area (Å²) < 4.78 is 27.4. The number of nitrogens with two attached hydrogens (primary N) is 1. The molecule has 0 bridgehead atoms. The minimum Gasteiger partial charge on any atom is -0.466 e. The first kappa shape index (κ1) is 15.2. The molecule has 0 aromatic heterocycles. The first-order valence-corrected chi connectivity index (χ1v) is 7.20. The van der Waals surface area contributed by atoms with E-state index in [1.807, 2.05) is 0 Å². The first-order valence-electron chi connectivity index (χ1n) is 5.65. The number of sulfonamides is 1. The maximum atomic E-state index is 11.3. The van der Waals surface area contributed by atoms with Crippen molar-refractivity contribution in [3.05, 3.63) is 29.8 Å². The summed E-state index contributed by atoms with van der Waals surface area (Å²) in [5.41, 5.74) is 0.373. The van der Waals surface area contributed by atoms with Gasteiger partial charge in [-0.15, -0.1) is 0 Å². The van der Waals surface area contributed by atoms with Crippen molar-refractivity contribution in [1.82, 2.24) is 0 Å². The summed E-state index contributed by atoms with van der Waals surface area (Å²) in [5.74, 6) is 5.26. The van der Waals surface area contributed by atoms with Crippen molar-refractivity contribution < 1.29 is 17.9 Å². The van der Waals surface area contributed by atoms with Gasteiger partial charge in [0.25, 0.3) is 0 Å². The van der Waals surface area contributed by atoms with Gasteiger partial charge >= 0.3 is 5.97 Å². The lowest BCUT2D eigenvalue weighted by Crippen LogP contribution is -2.13. The molecule has 0 radical (unpaired) electrons. The summed E-state index contributed by atoms with van der Waals surface area (Å²) in [7, 11) is -3.76. The zero-order valence-corrected chi connectivity index (χ0v) is 11.4. The van der Waals surface area contributed by atoms with Crippen molar-refractivity contribution in [2.24, 2.45) is 5.14 Å². The summed E-state index contributed by atoms with van der Waals surface area (Å²) in [4.78, 5) is 10.5. The molecule has 0 aliphatic carbocycles. The Kier molecular flexibility index (Phi) is 5.55. The fraction of sp³-hybridized carbons (Fsp3) is 0.308. The highest BCUT2D eigenvalue weighted by Crippen LogP contribution is 2.12. The van der Waals surface area contributed by atoms with E-state index in [2.05, 4.69) is 11.8 Å². The number of carbonyl (C=O) groups is 1. The van der Waals surface area contributed by atoms with Crippen LogP contribution in [0.25, 0.3) is 0 Å². The number of esters is 1. The van der Waals surface area contributed by atoms with Crippen LogP contribution in [-0.4, -0.2) is 21.0 Å². The lowest BCUT2D eigenvalue weighted by Gasteiger charge is -2.00. The van der Waals surface area contributed by atoms with E-state index in [0.717, 1.165) is 0 Å². The third-order valence-electron chi connectivity index (χ3n) is 2.17. The molecule has 1 aromatic rings. The van der Waals surface area contributed by atoms with Gasteiger partial charge in [0.05, 0.1) is 11.5 Å². The van der Waals surface area contributed by atoms with Crippen molar-refractivity contribution in [2.75, 3.05) is 6.61 Å². The molecule has 1 aromatic carbocycles. The second-order valence-corrected chi connectivity index (χ2v) is 5.32. The van der Waals surface area contributed by atoms with Crippen molar-refractivity contribution >= 4 is 16.0 Å². The highest BCUT2D eigenvalue weighted by molar-refractivity contribution is 7.89. The molecule has 0 fully saturated rings. The Morgan fingerprint density at radius 2 is 2.05 bits per heavy atom. The molecule has 0 saturated carbocycles. The van der Waals surface area contributed by atoms with E-state index < -0.39 is 10.0 Å². The Balaban J connectivity index is 2.66. The Hall–Kier alpha value is -1.84. The fourth-order valence-electron chi connectivity index (χ4n) is 1.35. The van der Waals surface area contributed by atoms with Crippen LogP contribution in [-0.2, 0) is 19.6 Å². The molecule has 0 atom stereocenters. The van der Waals surface area contributed by atoms with E-state index in [1.54, 1.807) is 18.2 Å². The van der Waals surface area contributed by atoms with Crippen LogP contribution >= 0.6 is 0 Å². The second-order valence-electron chi connectivity index (χ2n) is 3.79. The summed E-state index contributed by atoms with van der Waals surface area (Å²) in [6.45, 7) is 1.65. The van der Waals surface area contributed by atoms with Crippen molar-refractivity contribution in [3.63, 3.8) is 0 Å². The SMILES string of the molecule is CC(=O)OCCCC#Cc1ccccc1S(N)(=O)=O. The molecule has 0 aliphatic rings. The fourth-order valence-corrected chi connectivity index (χ4v) is 2.05. The molecule has 0 heterocycles. The van der Waals surface area contributed by atoms with Crippen molar-refractivity contribution in [3.8, 4) is 11.8 Å². The van der Waals surface area contributed by atoms with Crippen LogP contribution in [0, 0.1) is 11.8 Å². The number of ether oxygens (including phenoxy) is 1. The van der Waals surface area contributed by atoms with Gasteiger partial charge in [0.15, 0.2) is 0 Å². The Morgan fingerprint density at radius 1 is 1.37 bits per heavy atom. The molecule has 0 aliphatic heterocycles. The number of hydrogen-bond acceptors (Lipinski definition) is 4. The maximum Gasteiger partial charge on any atom is 0.302 e. The molecule has 0 saturated heterocycles. The van der Waals surface area contributed by atoms with Gasteiger partial charge in [0.2, 0.25) is 10.0 Å². The molecule has 6 heteroatoms. The molecular weight excluding hydrogens is 266 g/mol. The van der Waals surface area contributed by atoms with E-state index in [1.165, 1.54) is 13.0 Å². The van der Waals surface area contributed by atoms with E-state index in [4.69, 9.17) is 9.88 Å². The summed E-state index contributed by atoms with van der Waals surface area (Å²) in [6.07, 6.45) is 1.11. The predicted molar refractivity (Wildman–Crippen MR) is 70.6 cm³/mol. The highest BCUT2D eigenvalue weighted by Gasteiger charge is 2.10. The van der Waals surface area contributed by atoms with E-state index in [0.29, 0.717) is 25.0 Å². The number of unbranched alkanes of at least 4 members (excludes halogenated alkanes) is 1. The number of benzene rings is 1. The van der Waals surface area contributed by atoms with Crippen LogP contribution in [0.4, 0.5) is 0 Å². The normalized spacial score (nSPS) is 10.4. The molecule has 0 amide bonds. The monoisotopic (exact) mass is 281 g/mol. The van der Waals surface area contributed by atoms with Crippen LogP contribution < -0.4 is 5.14 Å². The minimum atomic E-state index is -3.76. The topological polar surface area (TPSA) is 86.5 Å². The molecule has 102 valence electrons. The van der Waals surface area contributed by atoms with Crippen LogP contribution in [0.1, 0.15) is 25.3 Å². The summed E-state index contributed by atoms with van der Waals surface area (Å²) in [5, 5.41) is 5.09. The Morgan fingerprint density at radius 3 is 2.68 bits per heavy atom. The van der Waals surface area contributed by atoms with Gasteiger partial charge in [-0.2, -0.15) is 0 Å². The highest BCUT2D eigenvalue weighted by atomic mass is 32.2. The maximum absolute atomic E-state index is 11.3. The minimum absolute atomic E-state index is 0.0162. The number of carbonyl (C=O) groups excluding carboxylic acids is 1. The van der Waals surface area contributed by atoms with Gasteiger partial charge in [-0.1, -0.05) is 24.0 Å². The Labute approximate surface area is 112 Å². The van der Waals surface area contributed by atoms with E-state index >= 15 is 0 Å². The van der Waals surface area contributed by atoms with E-state index in [9.17, 15) is 13.2 Å². The third kappa shape index (κ3) is 5.55. The van der Waals surface area contributed by atoms with Crippen molar-refractivity contribution in [2.45, 2.75) is 24.7 Å². The standard InChI is InChI=1S/C13H15NO4S/c1-11(15)18-10-6-2-3-7-12-8-4-5-9-13(12)19(14,16)17/h4-5,8-9H,2,6,10H2,1H3,(H2,14,16,17). The van der Waals surface area contributed by atoms with Gasteiger partial charge in [-0.25, -0.2) is 13.6 Å². The van der Waals surface area contributed by atoms with Crippen LogP contribution in [0.2, 0.25) is 0 Å². The van der Waals surface area contributed by atoms with E-state index in [-0.39, 0.29) is 10.9 Å². The van der Waals surface area contributed by atoms with Gasteiger partial charge in [-0.3, -0.25) is 4.79 Å². The average molecular weight is 281 g/mol. The number of rotatable bonds is 4. The number of hydrogen-bond donors (Lipinski definition) is 1. The molecule has 2 N–H and O–H groups in total. The number of primary sulfonamides is 1. The van der Waals surface area contributed by atoms with Crippen molar-refractivity contribution in [1.29, 1.82) is 0 Å². The summed E-state index contributed by atoms with van der Waals surface area (Å²) in [6, 6.07) is 6.29. The zero-order chi connectivity index (χ0) is 14.3. The lowest BCUT2D eigenvalue weighted by molar-refractivity contribution is -0.141. The van der Waals surface area contributed by atoms with Crippen LogP contribution in [0.3, 0.4) is 0 Å². The molecule has 1 rings (SSSR count). The lowest BCUT2D eigenvalue weighted by atomic mass is 10.2. The zero-order valence-electron chi connectivity index (χ0n) is 10.5. The smallest absolute Gasteiger partial charge is 0.302 e. The van der Waals surface area contributed by atoms with Gasteiger partial charge in [-0.05, 0) is 18.6 Å². The second kappa shape index (κ2) is 6.92. The van der Waals surface area contributed by atoms with Crippen LogP contribution in [0.15, 0.2) is 29.2 Å². The quantitative estimate of drug-likeness (QED) is 0.507. The third-order valence-corrected chi connectivity index (χ3v) is 3.14. The Bertz CT molecular complexity index is 611. The van der Waals surface area contributed by atoms with Crippen LogP contribution in [0.5, 0.6) is 0 Å². The first-order chi connectivity index (χ1) is 8.91. The molecule has 0 unspecified atom stereocenters. The average Bonchev–Trinajstić information content (AvgIpc) is 2.32. The van der Waals surface area contributed by atoms with Gasteiger partial charge < -0.3 is 4.74 Å². The molecule has 5 nitrogen and oxygen atoms in total. The summed E-state index contributed by atoms with van der Waals surface area (Å²) >= 11 is 0. The molecule has 19 heavy (non-hydrogen) atoms. The largest absolute Gasteiger partial charge is 0.466 e. The predicted octanol–water partition coefficient (Wildman–Crippen LogP) is 1.03.